The van der Waals surface area contributed by atoms with E-state index in [1.165, 1.54) is 29.0 Å². The minimum atomic E-state index is -3.05. The largest absolute Gasteiger partial charge is 0.461 e. The summed E-state index contributed by atoms with van der Waals surface area (Å²) in [6, 6.07) is 8.03. The molecule has 0 radical (unpaired) electrons. The molecule has 0 bridgehead atoms. The minimum absolute atomic E-state index is 0.0490. The lowest BCUT2D eigenvalue weighted by Gasteiger charge is -2.25. The van der Waals surface area contributed by atoms with Crippen LogP contribution in [0.1, 0.15) is 12.5 Å². The van der Waals surface area contributed by atoms with Crippen molar-refractivity contribution < 1.29 is 27.5 Å². The number of fused-ring (bicyclic) bond motifs is 1. The van der Waals surface area contributed by atoms with Crippen LogP contribution in [0.5, 0.6) is 5.75 Å². The number of nitrogens with zero attached hydrogens (tertiary/aromatic N) is 3. The van der Waals surface area contributed by atoms with Gasteiger partial charge in [-0.3, -0.25) is 19.5 Å². The summed E-state index contributed by atoms with van der Waals surface area (Å²) in [6.07, 6.45) is 1.24. The fraction of sp³-hybridized carbons (Fsp3) is 0.176. The van der Waals surface area contributed by atoms with Gasteiger partial charge in [0.1, 0.15) is 11.8 Å². The van der Waals surface area contributed by atoms with E-state index in [2.05, 4.69) is 25.6 Å². The summed E-state index contributed by atoms with van der Waals surface area (Å²) in [6.45, 7) is -3.05. The van der Waals surface area contributed by atoms with Crippen molar-refractivity contribution in [1.29, 1.82) is 0 Å². The van der Waals surface area contributed by atoms with Crippen molar-refractivity contribution in [2.75, 3.05) is 10.6 Å². The number of halogens is 2. The van der Waals surface area contributed by atoms with E-state index >= 15 is 0 Å². The predicted octanol–water partition coefficient (Wildman–Crippen LogP) is 2.66. The highest BCUT2D eigenvalue weighted by molar-refractivity contribution is 6.01. The maximum absolute atomic E-state index is 12.9. The Morgan fingerprint density at radius 1 is 1.29 bits per heavy atom. The van der Waals surface area contributed by atoms with Gasteiger partial charge in [0, 0.05) is 0 Å². The lowest BCUT2D eigenvalue weighted by atomic mass is 10.1. The molecule has 144 valence electrons. The smallest absolute Gasteiger partial charge is 0.387 e. The van der Waals surface area contributed by atoms with Crippen molar-refractivity contribution in [3.8, 4) is 17.3 Å². The van der Waals surface area contributed by atoms with Crippen LogP contribution in [0.3, 0.4) is 0 Å². The zero-order chi connectivity index (χ0) is 19.7. The number of amides is 2. The molecule has 0 fully saturated rings. The van der Waals surface area contributed by atoms with Gasteiger partial charge in [0.15, 0.2) is 5.76 Å². The van der Waals surface area contributed by atoms with Crippen molar-refractivity contribution in [2.45, 2.75) is 19.1 Å². The first-order valence-electron chi connectivity index (χ1n) is 8.16. The van der Waals surface area contributed by atoms with E-state index in [9.17, 15) is 18.4 Å². The number of aromatic nitrogens is 3. The standard InChI is InChI=1S/C17H13F2N5O4/c18-16(19)28-11-5-2-1-4-9(11)20-15(26)10-8-13(25)21-17-23-22-14(24(10)17)12-6-3-7-27-12/h1-7,10,16H,8H2,(H,20,26)(H,21,23,25)/t10-/m0/s1. The van der Waals surface area contributed by atoms with E-state index in [1.54, 1.807) is 18.2 Å². The van der Waals surface area contributed by atoms with E-state index < -0.39 is 24.5 Å². The molecule has 0 saturated heterocycles. The zero-order valence-corrected chi connectivity index (χ0v) is 14.1. The Bertz CT molecular complexity index is 1020. The predicted molar refractivity (Wildman–Crippen MR) is 91.7 cm³/mol. The number of rotatable bonds is 5. The van der Waals surface area contributed by atoms with Crippen molar-refractivity contribution in [2.24, 2.45) is 0 Å². The summed E-state index contributed by atoms with van der Waals surface area (Å²) in [5.74, 6) is -0.551. The molecule has 2 N–H and O–H groups in total. The van der Waals surface area contributed by atoms with Gasteiger partial charge < -0.3 is 14.5 Å². The lowest BCUT2D eigenvalue weighted by molar-refractivity contribution is -0.125. The third-order valence-corrected chi connectivity index (χ3v) is 4.04. The Hall–Kier alpha value is -3.76. The van der Waals surface area contributed by atoms with Crippen molar-refractivity contribution in [3.05, 3.63) is 42.7 Å². The first kappa shape index (κ1) is 17.6. The summed E-state index contributed by atoms with van der Waals surface area (Å²) >= 11 is 0. The summed E-state index contributed by atoms with van der Waals surface area (Å²) in [4.78, 5) is 24.9. The number of anilines is 2. The van der Waals surface area contributed by atoms with Gasteiger partial charge in [-0.05, 0) is 24.3 Å². The highest BCUT2D eigenvalue weighted by atomic mass is 19.3. The molecule has 1 aliphatic heterocycles. The Balaban J connectivity index is 1.67. The number of nitrogens with one attached hydrogen (secondary N) is 2. The van der Waals surface area contributed by atoms with Crippen LogP contribution in [-0.2, 0) is 9.59 Å². The third kappa shape index (κ3) is 3.29. The average molecular weight is 389 g/mol. The van der Waals surface area contributed by atoms with E-state index in [4.69, 9.17) is 4.42 Å². The molecule has 2 aromatic heterocycles. The lowest BCUT2D eigenvalue weighted by Crippen LogP contribution is -2.35. The monoisotopic (exact) mass is 389 g/mol. The van der Waals surface area contributed by atoms with Crippen LogP contribution in [0.15, 0.2) is 47.1 Å². The van der Waals surface area contributed by atoms with E-state index in [0.29, 0.717) is 5.76 Å². The maximum Gasteiger partial charge on any atom is 0.387 e. The van der Waals surface area contributed by atoms with E-state index in [-0.39, 0.29) is 29.6 Å². The maximum atomic E-state index is 12.9. The molecule has 2 amide bonds. The van der Waals surface area contributed by atoms with Gasteiger partial charge in [-0.15, -0.1) is 10.2 Å². The van der Waals surface area contributed by atoms with Crippen LogP contribution >= 0.6 is 0 Å². The number of benzene rings is 1. The molecule has 1 aromatic carbocycles. The molecular formula is C17H13F2N5O4. The first-order chi connectivity index (χ1) is 13.5. The fourth-order valence-corrected chi connectivity index (χ4v) is 2.88. The topological polar surface area (TPSA) is 111 Å². The number of hydrogen-bond acceptors (Lipinski definition) is 6. The van der Waals surface area contributed by atoms with Gasteiger partial charge >= 0.3 is 6.61 Å². The quantitative estimate of drug-likeness (QED) is 0.694. The Labute approximate surface area is 156 Å². The molecule has 3 heterocycles. The van der Waals surface area contributed by atoms with Crippen molar-refractivity contribution in [1.82, 2.24) is 14.8 Å². The zero-order valence-electron chi connectivity index (χ0n) is 14.1. The number of ether oxygens (including phenoxy) is 1. The number of carbonyl (C=O) groups excluding carboxylic acids is 2. The van der Waals surface area contributed by atoms with Crippen LogP contribution in [0.4, 0.5) is 20.4 Å². The summed E-state index contributed by atoms with van der Waals surface area (Å²) in [5, 5.41) is 12.9. The molecular weight excluding hydrogens is 376 g/mol. The van der Waals surface area contributed by atoms with Crippen LogP contribution in [0, 0.1) is 0 Å². The molecule has 9 nitrogen and oxygen atoms in total. The summed E-state index contributed by atoms with van der Waals surface area (Å²) in [7, 11) is 0. The molecule has 3 aromatic rings. The average Bonchev–Trinajstić information content (AvgIpc) is 3.31. The van der Waals surface area contributed by atoms with Gasteiger partial charge in [-0.1, -0.05) is 12.1 Å². The Morgan fingerprint density at radius 2 is 2.11 bits per heavy atom. The summed E-state index contributed by atoms with van der Waals surface area (Å²) < 4.78 is 36.3. The van der Waals surface area contributed by atoms with E-state index in [1.807, 2.05) is 0 Å². The Morgan fingerprint density at radius 3 is 2.86 bits per heavy atom. The second-order valence-corrected chi connectivity index (χ2v) is 5.83. The molecule has 0 saturated carbocycles. The first-order valence-corrected chi connectivity index (χ1v) is 8.16. The Kier molecular flexibility index (Phi) is 4.47. The molecule has 4 rings (SSSR count). The SMILES string of the molecule is O=C1C[C@@H](C(=O)Nc2ccccc2OC(F)F)n2c(nnc2-c2ccco2)N1. The molecule has 1 aliphatic rings. The number of hydrogen-bond donors (Lipinski definition) is 2. The molecule has 28 heavy (non-hydrogen) atoms. The minimum Gasteiger partial charge on any atom is -0.461 e. The van der Waals surface area contributed by atoms with Gasteiger partial charge in [0.2, 0.25) is 23.6 Å². The highest BCUT2D eigenvalue weighted by Gasteiger charge is 2.35. The second kappa shape index (κ2) is 7.10. The van der Waals surface area contributed by atoms with Gasteiger partial charge in [-0.25, -0.2) is 0 Å². The van der Waals surface area contributed by atoms with Crippen LogP contribution in [0.25, 0.3) is 11.6 Å². The molecule has 1 atom stereocenters. The normalized spacial score (nSPS) is 15.8. The molecule has 0 aliphatic carbocycles. The van der Waals surface area contributed by atoms with E-state index in [0.717, 1.165) is 0 Å². The summed E-state index contributed by atoms with van der Waals surface area (Å²) in [5.41, 5.74) is 0.0490. The van der Waals surface area contributed by atoms with Crippen molar-refractivity contribution >= 4 is 23.5 Å². The van der Waals surface area contributed by atoms with Crippen LogP contribution in [-0.4, -0.2) is 33.2 Å². The van der Waals surface area contributed by atoms with Crippen LogP contribution in [0.2, 0.25) is 0 Å². The second-order valence-electron chi connectivity index (χ2n) is 5.83. The van der Waals surface area contributed by atoms with Crippen molar-refractivity contribution in [3.63, 3.8) is 0 Å². The molecule has 11 heteroatoms. The number of furan rings is 1. The fourth-order valence-electron chi connectivity index (χ4n) is 2.88. The highest BCUT2D eigenvalue weighted by Crippen LogP contribution is 2.32. The molecule has 0 spiro atoms. The van der Waals surface area contributed by atoms with Gasteiger partial charge in [0.25, 0.3) is 0 Å². The van der Waals surface area contributed by atoms with Crippen LogP contribution < -0.4 is 15.4 Å². The number of carbonyl (C=O) groups is 2. The van der Waals surface area contributed by atoms with Gasteiger partial charge in [-0.2, -0.15) is 8.78 Å². The van der Waals surface area contributed by atoms with Gasteiger partial charge in [0.05, 0.1) is 18.4 Å². The third-order valence-electron chi connectivity index (χ3n) is 4.04. The number of alkyl halides is 2. The molecule has 0 unspecified atom stereocenters. The number of para-hydroxylation sites is 2.